The van der Waals surface area contributed by atoms with E-state index in [4.69, 9.17) is 0 Å². The Kier molecular flexibility index (Phi) is 26.2. The molecule has 178 valence electrons. The predicted molar refractivity (Wildman–Crippen MR) is 139 cm³/mol. The average Bonchev–Trinajstić information content (AvgIpc) is 2.76. The van der Waals surface area contributed by atoms with Gasteiger partial charge in [0.1, 0.15) is 0 Å². The Morgan fingerprint density at radius 2 is 0.767 bits per heavy atom. The highest BCUT2D eigenvalue weighted by Crippen LogP contribution is 2.15. The minimum atomic E-state index is 0.934. The first-order valence-corrected chi connectivity index (χ1v) is 14.3. The van der Waals surface area contributed by atoms with E-state index in [1.807, 2.05) is 0 Å². The van der Waals surface area contributed by atoms with Gasteiger partial charge in [-0.15, -0.1) is 11.8 Å². The van der Waals surface area contributed by atoms with Crippen LogP contribution < -0.4 is 0 Å². The molecule has 0 aromatic rings. The highest BCUT2D eigenvalue weighted by atomic mass is 14.0. The summed E-state index contributed by atoms with van der Waals surface area (Å²) in [7, 11) is 0. The van der Waals surface area contributed by atoms with Crippen LogP contribution in [-0.4, -0.2) is 0 Å². The number of unbranched alkanes of at least 4 members (excludes halogenated alkanes) is 20. The van der Waals surface area contributed by atoms with Crippen LogP contribution in [0.25, 0.3) is 0 Å². The van der Waals surface area contributed by atoms with E-state index in [1.165, 1.54) is 141 Å². The molecule has 0 rings (SSSR count). The molecule has 0 spiro atoms. The summed E-state index contributed by atoms with van der Waals surface area (Å²) in [5.41, 5.74) is 0. The van der Waals surface area contributed by atoms with Gasteiger partial charge in [0.15, 0.2) is 0 Å². The van der Waals surface area contributed by atoms with Gasteiger partial charge in [0.25, 0.3) is 0 Å². The van der Waals surface area contributed by atoms with Crippen molar-refractivity contribution in [2.24, 2.45) is 5.92 Å². The minimum absolute atomic E-state index is 0.934. The van der Waals surface area contributed by atoms with Gasteiger partial charge in [-0.05, 0) is 18.8 Å². The lowest BCUT2D eigenvalue weighted by molar-refractivity contribution is 0.470. The fourth-order valence-electron chi connectivity index (χ4n) is 4.20. The van der Waals surface area contributed by atoms with Crippen molar-refractivity contribution in [3.05, 3.63) is 0 Å². The standard InChI is InChI=1S/C30H58/c1-4-6-7-8-9-10-11-12-13-14-15-16-17-18-19-20-21-22-23-24-25-26-27-28-29-30(3)5-2/h30H,4-18,21-29H2,1-3H3. The molecule has 0 aliphatic carbocycles. The van der Waals surface area contributed by atoms with Gasteiger partial charge in [0.2, 0.25) is 0 Å². The molecule has 0 heteroatoms. The molecule has 0 aromatic heterocycles. The van der Waals surface area contributed by atoms with Crippen LogP contribution in [0.1, 0.15) is 175 Å². The van der Waals surface area contributed by atoms with Gasteiger partial charge in [0, 0.05) is 12.8 Å². The topological polar surface area (TPSA) is 0 Å². The van der Waals surface area contributed by atoms with Crippen LogP contribution in [0.4, 0.5) is 0 Å². The molecule has 0 fully saturated rings. The highest BCUT2D eigenvalue weighted by Gasteiger charge is 1.98. The maximum absolute atomic E-state index is 3.41. The Bertz CT molecular complexity index is 358. The zero-order valence-electron chi connectivity index (χ0n) is 21.5. The molecule has 0 aliphatic rings. The second kappa shape index (κ2) is 26.6. The van der Waals surface area contributed by atoms with E-state index in [1.54, 1.807) is 0 Å². The molecule has 0 aromatic carbocycles. The number of hydrogen-bond acceptors (Lipinski definition) is 0. The van der Waals surface area contributed by atoms with Crippen molar-refractivity contribution >= 4 is 0 Å². The summed E-state index contributed by atoms with van der Waals surface area (Å²) >= 11 is 0. The van der Waals surface area contributed by atoms with Gasteiger partial charge in [-0.3, -0.25) is 0 Å². The maximum atomic E-state index is 3.41. The molecule has 0 saturated carbocycles. The molecule has 0 saturated heterocycles. The van der Waals surface area contributed by atoms with Crippen molar-refractivity contribution < 1.29 is 0 Å². The molecule has 0 amide bonds. The largest absolute Gasteiger partial charge is 0.103 e. The summed E-state index contributed by atoms with van der Waals surface area (Å²) in [4.78, 5) is 0. The van der Waals surface area contributed by atoms with Crippen LogP contribution in [0, 0.1) is 17.8 Å². The minimum Gasteiger partial charge on any atom is -0.103 e. The van der Waals surface area contributed by atoms with Crippen molar-refractivity contribution in [1.29, 1.82) is 0 Å². The SMILES string of the molecule is CCCCCCCCCCCCCCCC#CCCCCCCCCCC(C)CC. The van der Waals surface area contributed by atoms with E-state index in [9.17, 15) is 0 Å². The summed E-state index contributed by atoms with van der Waals surface area (Å²) in [6.45, 7) is 7.00. The Morgan fingerprint density at radius 3 is 1.13 bits per heavy atom. The van der Waals surface area contributed by atoms with E-state index in [-0.39, 0.29) is 0 Å². The van der Waals surface area contributed by atoms with E-state index < -0.39 is 0 Å². The predicted octanol–water partition coefficient (Wildman–Crippen LogP) is 11.0. The first-order chi connectivity index (χ1) is 14.8. The molecule has 0 heterocycles. The Labute approximate surface area is 192 Å². The lowest BCUT2D eigenvalue weighted by atomic mass is 10.00. The molecular formula is C30H58. The molecule has 1 atom stereocenters. The van der Waals surface area contributed by atoms with Crippen LogP contribution in [0.5, 0.6) is 0 Å². The van der Waals surface area contributed by atoms with Crippen LogP contribution in [-0.2, 0) is 0 Å². The van der Waals surface area contributed by atoms with Crippen molar-refractivity contribution in [2.75, 3.05) is 0 Å². The van der Waals surface area contributed by atoms with Crippen LogP contribution in [0.3, 0.4) is 0 Å². The lowest BCUT2D eigenvalue weighted by Crippen LogP contribution is -1.91. The van der Waals surface area contributed by atoms with E-state index in [0.29, 0.717) is 0 Å². The van der Waals surface area contributed by atoms with E-state index in [0.717, 1.165) is 18.8 Å². The van der Waals surface area contributed by atoms with Gasteiger partial charge < -0.3 is 0 Å². The third kappa shape index (κ3) is 25.6. The fourth-order valence-corrected chi connectivity index (χ4v) is 4.20. The summed E-state index contributed by atoms with van der Waals surface area (Å²) < 4.78 is 0. The molecule has 0 bridgehead atoms. The van der Waals surface area contributed by atoms with Gasteiger partial charge >= 0.3 is 0 Å². The Balaban J connectivity index is 3.12. The second-order valence-electron chi connectivity index (χ2n) is 9.87. The molecule has 0 nitrogen and oxygen atoms in total. The first kappa shape index (κ1) is 29.6. The maximum Gasteiger partial charge on any atom is 0.00886 e. The number of rotatable bonds is 23. The van der Waals surface area contributed by atoms with Gasteiger partial charge in [-0.2, -0.15) is 0 Å². The van der Waals surface area contributed by atoms with Gasteiger partial charge in [-0.25, -0.2) is 0 Å². The zero-order chi connectivity index (χ0) is 22.0. The van der Waals surface area contributed by atoms with Gasteiger partial charge in [0.05, 0.1) is 0 Å². The third-order valence-corrected chi connectivity index (χ3v) is 6.73. The smallest absolute Gasteiger partial charge is 0.00886 e. The van der Waals surface area contributed by atoms with Crippen molar-refractivity contribution in [3.8, 4) is 11.8 Å². The van der Waals surface area contributed by atoms with Crippen LogP contribution >= 0.6 is 0 Å². The Hall–Kier alpha value is -0.440. The molecule has 0 aliphatic heterocycles. The molecule has 0 N–H and O–H groups in total. The molecular weight excluding hydrogens is 360 g/mol. The molecule has 1 unspecified atom stereocenters. The van der Waals surface area contributed by atoms with E-state index >= 15 is 0 Å². The van der Waals surface area contributed by atoms with Crippen molar-refractivity contribution in [2.45, 2.75) is 175 Å². The fraction of sp³-hybridized carbons (Fsp3) is 0.933. The summed E-state index contributed by atoms with van der Waals surface area (Å²) in [5, 5.41) is 0. The van der Waals surface area contributed by atoms with Crippen molar-refractivity contribution in [3.63, 3.8) is 0 Å². The monoisotopic (exact) mass is 418 g/mol. The second-order valence-corrected chi connectivity index (χ2v) is 9.87. The quantitative estimate of drug-likeness (QED) is 0.114. The van der Waals surface area contributed by atoms with Gasteiger partial charge in [-0.1, -0.05) is 149 Å². The normalized spacial score (nSPS) is 12.0. The highest BCUT2D eigenvalue weighted by molar-refractivity contribution is 4.98. The zero-order valence-corrected chi connectivity index (χ0v) is 21.5. The lowest BCUT2D eigenvalue weighted by Gasteiger charge is -2.07. The number of hydrogen-bond donors (Lipinski definition) is 0. The summed E-state index contributed by atoms with van der Waals surface area (Å²) in [6.07, 6.45) is 33.6. The third-order valence-electron chi connectivity index (χ3n) is 6.73. The van der Waals surface area contributed by atoms with Crippen molar-refractivity contribution in [1.82, 2.24) is 0 Å². The average molecular weight is 419 g/mol. The molecule has 0 radical (unpaired) electrons. The molecule has 30 heavy (non-hydrogen) atoms. The van der Waals surface area contributed by atoms with Crippen LogP contribution in [0.15, 0.2) is 0 Å². The summed E-state index contributed by atoms with van der Waals surface area (Å²) in [5.74, 6) is 7.75. The first-order valence-electron chi connectivity index (χ1n) is 14.3. The summed E-state index contributed by atoms with van der Waals surface area (Å²) in [6, 6.07) is 0. The van der Waals surface area contributed by atoms with Crippen LogP contribution in [0.2, 0.25) is 0 Å². The van der Waals surface area contributed by atoms with E-state index in [2.05, 4.69) is 32.6 Å². The Morgan fingerprint density at radius 1 is 0.433 bits per heavy atom.